The van der Waals surface area contributed by atoms with Gasteiger partial charge in [-0.2, -0.15) is 0 Å². The molecule has 10 aromatic carbocycles. The Morgan fingerprint density at radius 3 is 1.53 bits per heavy atom. The molecule has 0 aromatic heterocycles. The molecular weight excluding hydrogens is 717 g/mol. The van der Waals surface area contributed by atoms with Crippen LogP contribution in [0.5, 0.6) is 11.5 Å². The number of rotatable bonds is 8. The van der Waals surface area contributed by atoms with Crippen LogP contribution in [0.15, 0.2) is 231 Å². The van der Waals surface area contributed by atoms with Gasteiger partial charge in [0, 0.05) is 39.4 Å². The van der Waals surface area contributed by atoms with Crippen LogP contribution in [0.25, 0.3) is 54.9 Å². The van der Waals surface area contributed by atoms with E-state index in [-0.39, 0.29) is 0 Å². The highest BCUT2D eigenvalue weighted by molar-refractivity contribution is 6.09. The highest BCUT2D eigenvalue weighted by Gasteiger charge is 2.27. The van der Waals surface area contributed by atoms with E-state index in [2.05, 4.69) is 240 Å². The van der Waals surface area contributed by atoms with E-state index in [9.17, 15) is 0 Å². The number of fused-ring (bicyclic) bond motifs is 3. The fourth-order valence-electron chi connectivity index (χ4n) is 8.63. The van der Waals surface area contributed by atoms with Gasteiger partial charge in [0.05, 0.1) is 5.69 Å². The third kappa shape index (κ3) is 6.17. The highest BCUT2D eigenvalue weighted by atomic mass is 16.5. The van der Waals surface area contributed by atoms with Crippen molar-refractivity contribution in [1.82, 2.24) is 0 Å². The van der Waals surface area contributed by atoms with Gasteiger partial charge < -0.3 is 14.5 Å². The zero-order valence-electron chi connectivity index (χ0n) is 32.2. The molecule has 0 saturated carbocycles. The SMILES string of the molecule is c1ccc(-c2ccc(N(c3ccc(-c4cccc5ccccc45)cc3)c3ccc4cccc5c4c3Oc3ccc(N(c4ccccc4)c4ccccc4)cc3-5)cc2)cc1. The van der Waals surface area contributed by atoms with Crippen molar-refractivity contribution in [2.45, 2.75) is 0 Å². The summed E-state index contributed by atoms with van der Waals surface area (Å²) in [6, 6.07) is 82.1. The summed E-state index contributed by atoms with van der Waals surface area (Å²) >= 11 is 0. The Morgan fingerprint density at radius 2 is 0.831 bits per heavy atom. The van der Waals surface area contributed by atoms with Gasteiger partial charge in [-0.3, -0.25) is 0 Å². The van der Waals surface area contributed by atoms with Gasteiger partial charge in [-0.05, 0) is 117 Å². The molecule has 3 heteroatoms. The van der Waals surface area contributed by atoms with E-state index in [0.29, 0.717) is 0 Å². The first-order chi connectivity index (χ1) is 29.3. The van der Waals surface area contributed by atoms with Crippen LogP contribution in [0.2, 0.25) is 0 Å². The summed E-state index contributed by atoms with van der Waals surface area (Å²) in [5, 5.41) is 4.70. The van der Waals surface area contributed by atoms with Gasteiger partial charge in [0.15, 0.2) is 5.75 Å². The van der Waals surface area contributed by atoms with Gasteiger partial charge in [-0.15, -0.1) is 0 Å². The molecule has 0 aliphatic carbocycles. The van der Waals surface area contributed by atoms with Crippen molar-refractivity contribution in [3.05, 3.63) is 231 Å². The number of hydrogen-bond acceptors (Lipinski definition) is 3. The highest BCUT2D eigenvalue weighted by Crippen LogP contribution is 2.54. The second-order valence-electron chi connectivity index (χ2n) is 14.9. The Morgan fingerprint density at radius 1 is 0.305 bits per heavy atom. The maximum atomic E-state index is 7.12. The molecule has 0 amide bonds. The fraction of sp³-hybridized carbons (Fsp3) is 0. The predicted octanol–water partition coefficient (Wildman–Crippen LogP) is 16.0. The third-order valence-corrected chi connectivity index (χ3v) is 11.4. The molecule has 0 N–H and O–H groups in total. The number of ether oxygens (including phenoxy) is 1. The number of para-hydroxylation sites is 2. The van der Waals surface area contributed by atoms with Crippen molar-refractivity contribution in [2.75, 3.05) is 9.80 Å². The quantitative estimate of drug-likeness (QED) is 0.154. The Hall–Kier alpha value is -7.88. The zero-order chi connectivity index (χ0) is 39.1. The third-order valence-electron chi connectivity index (χ3n) is 11.4. The molecule has 11 rings (SSSR count). The number of anilines is 6. The van der Waals surface area contributed by atoms with Gasteiger partial charge in [0.2, 0.25) is 0 Å². The largest absolute Gasteiger partial charge is 0.454 e. The van der Waals surface area contributed by atoms with Crippen molar-refractivity contribution in [3.63, 3.8) is 0 Å². The first kappa shape index (κ1) is 34.4. The second-order valence-corrected chi connectivity index (χ2v) is 14.9. The Kier molecular flexibility index (Phi) is 8.49. The molecule has 1 aliphatic heterocycles. The molecule has 1 heterocycles. The van der Waals surface area contributed by atoms with E-state index in [1.54, 1.807) is 0 Å². The first-order valence-electron chi connectivity index (χ1n) is 20.1. The molecule has 0 fully saturated rings. The lowest BCUT2D eigenvalue weighted by molar-refractivity contribution is 0.488. The Bertz CT molecular complexity index is 3060. The van der Waals surface area contributed by atoms with Gasteiger partial charge in [-0.25, -0.2) is 0 Å². The van der Waals surface area contributed by atoms with Gasteiger partial charge in [0.1, 0.15) is 5.75 Å². The molecule has 0 bridgehead atoms. The molecule has 0 saturated heterocycles. The smallest absolute Gasteiger partial charge is 0.159 e. The lowest BCUT2D eigenvalue weighted by Gasteiger charge is -2.31. The number of nitrogens with zero attached hydrogens (tertiary/aromatic N) is 2. The standard InChI is InChI=1S/C56H38N2O/c1-4-14-39(15-5-1)40-26-31-46(32-27-40)58(47-33-28-42(29-34-47)50-24-12-17-41-16-10-11-23-49(41)50)53-36-30-43-18-13-25-51-52-38-48(35-37-54(52)59-56(53)55(43)51)57(44-19-6-2-7-20-44)45-21-8-3-9-22-45/h1-38H. The van der Waals surface area contributed by atoms with Gasteiger partial charge in [0.25, 0.3) is 0 Å². The van der Waals surface area contributed by atoms with E-state index in [0.717, 1.165) is 67.5 Å². The molecule has 59 heavy (non-hydrogen) atoms. The molecule has 10 aromatic rings. The van der Waals surface area contributed by atoms with Crippen LogP contribution in [0.4, 0.5) is 34.1 Å². The van der Waals surface area contributed by atoms with Crippen LogP contribution in [-0.2, 0) is 0 Å². The summed E-state index contributed by atoms with van der Waals surface area (Å²) in [6.07, 6.45) is 0. The van der Waals surface area contributed by atoms with Crippen LogP contribution in [-0.4, -0.2) is 0 Å². The second kappa shape index (κ2) is 14.6. The van der Waals surface area contributed by atoms with Crippen LogP contribution < -0.4 is 14.5 Å². The van der Waals surface area contributed by atoms with Crippen molar-refractivity contribution in [1.29, 1.82) is 0 Å². The zero-order valence-corrected chi connectivity index (χ0v) is 32.2. The number of benzene rings is 10. The van der Waals surface area contributed by atoms with E-state index >= 15 is 0 Å². The predicted molar refractivity (Wildman–Crippen MR) is 247 cm³/mol. The Balaban J connectivity index is 1.06. The molecule has 3 nitrogen and oxygen atoms in total. The van der Waals surface area contributed by atoms with E-state index in [1.165, 1.54) is 33.0 Å². The molecule has 0 unspecified atom stereocenters. The summed E-state index contributed by atoms with van der Waals surface area (Å²) in [7, 11) is 0. The van der Waals surface area contributed by atoms with Gasteiger partial charge >= 0.3 is 0 Å². The fourth-order valence-corrected chi connectivity index (χ4v) is 8.63. The topological polar surface area (TPSA) is 15.7 Å². The van der Waals surface area contributed by atoms with Crippen LogP contribution >= 0.6 is 0 Å². The van der Waals surface area contributed by atoms with Crippen molar-refractivity contribution in [3.8, 4) is 44.9 Å². The minimum absolute atomic E-state index is 0.827. The summed E-state index contributed by atoms with van der Waals surface area (Å²) in [5.41, 5.74) is 13.3. The molecular formula is C56H38N2O. The normalized spacial score (nSPS) is 11.5. The van der Waals surface area contributed by atoms with Crippen molar-refractivity contribution in [2.24, 2.45) is 0 Å². The lowest BCUT2D eigenvalue weighted by atomic mass is 9.93. The minimum atomic E-state index is 0.827. The molecule has 0 atom stereocenters. The van der Waals surface area contributed by atoms with Gasteiger partial charge in [-0.1, -0.05) is 158 Å². The lowest BCUT2D eigenvalue weighted by Crippen LogP contribution is -2.13. The first-order valence-corrected chi connectivity index (χ1v) is 20.1. The monoisotopic (exact) mass is 754 g/mol. The molecule has 1 aliphatic rings. The maximum Gasteiger partial charge on any atom is 0.159 e. The maximum absolute atomic E-state index is 7.12. The van der Waals surface area contributed by atoms with E-state index in [1.807, 2.05) is 0 Å². The van der Waals surface area contributed by atoms with E-state index in [4.69, 9.17) is 4.74 Å². The van der Waals surface area contributed by atoms with Crippen LogP contribution in [0, 0.1) is 0 Å². The molecule has 278 valence electrons. The molecule has 0 radical (unpaired) electrons. The van der Waals surface area contributed by atoms with Crippen molar-refractivity contribution < 1.29 is 4.74 Å². The van der Waals surface area contributed by atoms with E-state index < -0.39 is 0 Å². The number of hydrogen-bond donors (Lipinski definition) is 0. The summed E-state index contributed by atoms with van der Waals surface area (Å²) < 4.78 is 7.12. The molecule has 0 spiro atoms. The average molecular weight is 755 g/mol. The Labute approximate surface area is 344 Å². The van der Waals surface area contributed by atoms with Crippen molar-refractivity contribution >= 4 is 55.7 Å². The minimum Gasteiger partial charge on any atom is -0.454 e. The summed E-state index contributed by atoms with van der Waals surface area (Å²) in [6.45, 7) is 0. The summed E-state index contributed by atoms with van der Waals surface area (Å²) in [5.74, 6) is 1.67. The van der Waals surface area contributed by atoms with Crippen LogP contribution in [0.1, 0.15) is 0 Å². The summed E-state index contributed by atoms with van der Waals surface area (Å²) in [4.78, 5) is 4.63. The average Bonchev–Trinajstić information content (AvgIpc) is 3.31. The van der Waals surface area contributed by atoms with Crippen LogP contribution in [0.3, 0.4) is 0 Å².